The van der Waals surface area contributed by atoms with E-state index >= 15 is 0 Å². The number of benzene rings is 1. The molecule has 0 aliphatic heterocycles. The van der Waals surface area contributed by atoms with Crippen LogP contribution in [0.5, 0.6) is 0 Å². The van der Waals surface area contributed by atoms with Gasteiger partial charge in [0.25, 0.3) is 5.91 Å². The summed E-state index contributed by atoms with van der Waals surface area (Å²) in [6.07, 6.45) is 3.75. The van der Waals surface area contributed by atoms with Crippen molar-refractivity contribution in [1.29, 1.82) is 0 Å². The molecule has 1 aromatic carbocycles. The summed E-state index contributed by atoms with van der Waals surface area (Å²) < 4.78 is 1.88. The Hall–Kier alpha value is -2.27. The molecule has 0 saturated carbocycles. The van der Waals surface area contributed by atoms with Crippen molar-refractivity contribution in [3.8, 4) is 0 Å². The summed E-state index contributed by atoms with van der Waals surface area (Å²) in [5, 5.41) is 8.86. The Bertz CT molecular complexity index is 849. The predicted octanol–water partition coefficient (Wildman–Crippen LogP) is 4.09. The van der Waals surface area contributed by atoms with Gasteiger partial charge in [-0.05, 0) is 45.0 Å². The van der Waals surface area contributed by atoms with Crippen LogP contribution in [-0.2, 0) is 0 Å². The number of carbonyl (C=O) groups is 1. The molecule has 2 aromatic heterocycles. The topological polar surface area (TPSA) is 62.7 Å². The number of hydrogen-bond donors (Lipinski definition) is 2. The quantitative estimate of drug-likeness (QED) is 0.756. The molecule has 2 N–H and O–H groups in total. The number of H-pyrrole nitrogens is 1. The molecule has 0 spiro atoms. The second-order valence-electron chi connectivity index (χ2n) is 5.96. The molecule has 6 heteroatoms. The number of halogens is 1. The minimum absolute atomic E-state index is 0.120. The first-order valence-electron chi connectivity index (χ1n) is 7.57. The molecule has 1 atom stereocenters. The van der Waals surface area contributed by atoms with Crippen LogP contribution in [0.4, 0.5) is 0 Å². The van der Waals surface area contributed by atoms with Crippen molar-refractivity contribution in [2.45, 2.75) is 32.9 Å². The molecule has 23 heavy (non-hydrogen) atoms. The van der Waals surface area contributed by atoms with Crippen molar-refractivity contribution >= 4 is 28.4 Å². The van der Waals surface area contributed by atoms with Crippen molar-refractivity contribution < 1.29 is 4.79 Å². The van der Waals surface area contributed by atoms with Gasteiger partial charge in [0, 0.05) is 33.7 Å². The van der Waals surface area contributed by atoms with Crippen molar-refractivity contribution in [2.75, 3.05) is 0 Å². The van der Waals surface area contributed by atoms with E-state index in [0.29, 0.717) is 16.8 Å². The van der Waals surface area contributed by atoms with Crippen molar-refractivity contribution in [2.24, 2.45) is 0 Å². The average molecular weight is 331 g/mol. The van der Waals surface area contributed by atoms with Crippen LogP contribution in [0.15, 0.2) is 36.7 Å². The highest BCUT2D eigenvalue weighted by atomic mass is 35.5. The van der Waals surface area contributed by atoms with Gasteiger partial charge in [-0.2, -0.15) is 5.10 Å². The van der Waals surface area contributed by atoms with Gasteiger partial charge in [0.2, 0.25) is 0 Å². The van der Waals surface area contributed by atoms with Crippen molar-refractivity contribution in [3.63, 3.8) is 0 Å². The summed E-state index contributed by atoms with van der Waals surface area (Å²) in [5.74, 6) is -0.151. The van der Waals surface area contributed by atoms with E-state index in [1.807, 2.05) is 29.9 Å². The number of carbonyl (C=O) groups excluding carboxylic acids is 1. The van der Waals surface area contributed by atoms with E-state index in [1.54, 1.807) is 18.3 Å². The molecule has 0 bridgehead atoms. The van der Waals surface area contributed by atoms with E-state index in [1.165, 1.54) is 0 Å². The van der Waals surface area contributed by atoms with Crippen LogP contribution in [0, 0.1) is 0 Å². The summed E-state index contributed by atoms with van der Waals surface area (Å²) in [4.78, 5) is 15.5. The molecule has 0 aliphatic rings. The molecule has 0 saturated heterocycles. The smallest absolute Gasteiger partial charge is 0.268 e. The Morgan fingerprint density at radius 1 is 1.30 bits per heavy atom. The number of nitrogens with zero attached hydrogens (tertiary/aromatic N) is 2. The van der Waals surface area contributed by atoms with Gasteiger partial charge in [-0.3, -0.25) is 9.48 Å². The Labute approximate surface area is 139 Å². The fourth-order valence-corrected chi connectivity index (χ4v) is 2.62. The van der Waals surface area contributed by atoms with Crippen LogP contribution >= 0.6 is 11.6 Å². The maximum atomic E-state index is 12.4. The molecule has 0 fully saturated rings. The summed E-state index contributed by atoms with van der Waals surface area (Å²) in [6.45, 7) is 6.07. The van der Waals surface area contributed by atoms with E-state index in [2.05, 4.69) is 29.2 Å². The number of nitrogens with one attached hydrogen (secondary N) is 2. The van der Waals surface area contributed by atoms with Gasteiger partial charge >= 0.3 is 0 Å². The van der Waals surface area contributed by atoms with Crippen LogP contribution in [0.1, 0.15) is 48.9 Å². The maximum absolute atomic E-state index is 12.4. The van der Waals surface area contributed by atoms with Crippen LogP contribution < -0.4 is 5.32 Å². The Morgan fingerprint density at radius 3 is 2.78 bits per heavy atom. The highest BCUT2D eigenvalue weighted by Crippen LogP contribution is 2.21. The summed E-state index contributed by atoms with van der Waals surface area (Å²) in [7, 11) is 0. The molecule has 3 rings (SSSR count). The SMILES string of the molecule is CC(NC(=O)c1cc2cc(Cl)ccc2[nH]1)c1cnn(C(C)C)c1. The van der Waals surface area contributed by atoms with Crippen LogP contribution in [-0.4, -0.2) is 20.7 Å². The average Bonchev–Trinajstić information content (AvgIpc) is 3.13. The Morgan fingerprint density at radius 2 is 2.09 bits per heavy atom. The molecule has 0 radical (unpaired) electrons. The van der Waals surface area contributed by atoms with Gasteiger partial charge in [0.15, 0.2) is 0 Å². The van der Waals surface area contributed by atoms with Gasteiger partial charge in [-0.15, -0.1) is 0 Å². The standard InChI is InChI=1S/C17H19ClN4O/c1-10(2)22-9-13(8-19-22)11(3)20-17(23)16-7-12-6-14(18)4-5-15(12)21-16/h4-11,21H,1-3H3,(H,20,23). The third kappa shape index (κ3) is 3.24. The number of fused-ring (bicyclic) bond motifs is 1. The first-order chi connectivity index (χ1) is 10.9. The van der Waals surface area contributed by atoms with Gasteiger partial charge < -0.3 is 10.3 Å². The predicted molar refractivity (Wildman–Crippen MR) is 91.8 cm³/mol. The minimum atomic E-state index is -0.151. The van der Waals surface area contributed by atoms with Gasteiger partial charge in [-0.1, -0.05) is 11.6 Å². The molecule has 5 nitrogen and oxygen atoms in total. The number of amides is 1. The molecule has 120 valence electrons. The third-order valence-corrected chi connectivity index (χ3v) is 4.06. The molecular weight excluding hydrogens is 312 g/mol. The molecule has 1 unspecified atom stereocenters. The van der Waals surface area contributed by atoms with Crippen molar-refractivity contribution in [1.82, 2.24) is 20.1 Å². The fraction of sp³-hybridized carbons (Fsp3) is 0.294. The first kappa shape index (κ1) is 15.6. The van der Waals surface area contributed by atoms with Crippen LogP contribution in [0.25, 0.3) is 10.9 Å². The van der Waals surface area contributed by atoms with Gasteiger partial charge in [0.05, 0.1) is 12.2 Å². The van der Waals surface area contributed by atoms with E-state index in [-0.39, 0.29) is 11.9 Å². The lowest BCUT2D eigenvalue weighted by Gasteiger charge is -2.11. The molecule has 2 heterocycles. The van der Waals surface area contributed by atoms with Gasteiger partial charge in [-0.25, -0.2) is 0 Å². The number of aromatic amines is 1. The lowest BCUT2D eigenvalue weighted by Crippen LogP contribution is -2.26. The number of rotatable bonds is 4. The molecule has 0 aliphatic carbocycles. The van der Waals surface area contributed by atoms with E-state index < -0.39 is 0 Å². The largest absolute Gasteiger partial charge is 0.351 e. The van der Waals surface area contributed by atoms with Crippen molar-refractivity contribution in [3.05, 3.63) is 52.9 Å². The van der Waals surface area contributed by atoms with Crippen LogP contribution in [0.2, 0.25) is 5.02 Å². The summed E-state index contributed by atoms with van der Waals surface area (Å²) >= 11 is 5.98. The first-order valence-corrected chi connectivity index (χ1v) is 7.95. The lowest BCUT2D eigenvalue weighted by molar-refractivity contribution is 0.0935. The highest BCUT2D eigenvalue weighted by molar-refractivity contribution is 6.31. The molecular formula is C17H19ClN4O. The fourth-order valence-electron chi connectivity index (χ4n) is 2.44. The summed E-state index contributed by atoms with van der Waals surface area (Å²) in [5.41, 5.74) is 2.39. The Kier molecular flexibility index (Phi) is 4.13. The number of aromatic nitrogens is 3. The zero-order valence-corrected chi connectivity index (χ0v) is 14.1. The normalized spacial score (nSPS) is 12.7. The summed E-state index contributed by atoms with van der Waals surface area (Å²) in [6, 6.07) is 7.48. The number of hydrogen-bond acceptors (Lipinski definition) is 2. The zero-order chi connectivity index (χ0) is 16.6. The zero-order valence-electron chi connectivity index (χ0n) is 13.3. The second-order valence-corrected chi connectivity index (χ2v) is 6.39. The minimum Gasteiger partial charge on any atom is -0.351 e. The lowest BCUT2D eigenvalue weighted by atomic mass is 10.2. The van der Waals surface area contributed by atoms with Crippen LogP contribution in [0.3, 0.4) is 0 Å². The van der Waals surface area contributed by atoms with Gasteiger partial charge in [0.1, 0.15) is 5.69 Å². The monoisotopic (exact) mass is 330 g/mol. The van der Waals surface area contributed by atoms with E-state index in [9.17, 15) is 4.79 Å². The second kappa shape index (κ2) is 6.08. The molecule has 1 amide bonds. The maximum Gasteiger partial charge on any atom is 0.268 e. The highest BCUT2D eigenvalue weighted by Gasteiger charge is 2.15. The van der Waals surface area contributed by atoms with E-state index in [4.69, 9.17) is 11.6 Å². The Balaban J connectivity index is 1.76. The third-order valence-electron chi connectivity index (χ3n) is 3.83. The van der Waals surface area contributed by atoms with E-state index in [0.717, 1.165) is 16.5 Å². The molecule has 3 aromatic rings.